The molecule has 2 aliphatic rings. The first-order valence-corrected chi connectivity index (χ1v) is 17.6. The van der Waals surface area contributed by atoms with Crippen LogP contribution in [0.2, 0.25) is 0 Å². The monoisotopic (exact) mass is 662 g/mol. The molecule has 2 amide bonds. The van der Waals surface area contributed by atoms with Gasteiger partial charge in [0.25, 0.3) is 0 Å². The minimum absolute atomic E-state index is 0.0121. The standard InChI is InChI=1S/C35H32Cl2N2O3S2/c1-18-8-25-32(30-19(2)16-43-34(18)30)23(12-36)14-38(25)28(41)9-21-4-6-22(7-5-21)10-29(42)39-15-24(13-37)33-26(39)11-27(40)35-31(33)20(3)17-44-35/h4-8,11,16-17,23-24,40H,9-10,12-15H2,1-3H3/t23-,24-/m1/s1. The Morgan fingerprint density at radius 3 is 1.70 bits per heavy atom. The summed E-state index contributed by atoms with van der Waals surface area (Å²) in [6.45, 7) is 7.36. The number of alkyl halides is 2. The third-order valence-electron chi connectivity index (χ3n) is 9.17. The van der Waals surface area contributed by atoms with E-state index in [-0.39, 0.29) is 42.2 Å². The van der Waals surface area contributed by atoms with E-state index in [9.17, 15) is 14.7 Å². The fraction of sp³-hybridized carbons (Fsp3) is 0.314. The number of carbonyl (C=O) groups excluding carboxylic acids is 2. The zero-order valence-corrected chi connectivity index (χ0v) is 27.9. The summed E-state index contributed by atoms with van der Waals surface area (Å²) < 4.78 is 2.12. The molecule has 0 aliphatic carbocycles. The van der Waals surface area contributed by atoms with Gasteiger partial charge in [-0.2, -0.15) is 0 Å². The highest BCUT2D eigenvalue weighted by atomic mass is 35.5. The van der Waals surface area contributed by atoms with Crippen LogP contribution in [0.5, 0.6) is 5.75 Å². The van der Waals surface area contributed by atoms with Crippen molar-refractivity contribution in [3.8, 4) is 5.75 Å². The van der Waals surface area contributed by atoms with E-state index in [0.717, 1.165) is 43.7 Å². The Kier molecular flexibility index (Phi) is 7.64. The number of halogens is 2. The molecule has 4 heterocycles. The Morgan fingerprint density at radius 1 is 0.750 bits per heavy atom. The molecule has 5 nitrogen and oxygen atoms in total. The number of rotatable bonds is 6. The Balaban J connectivity index is 1.09. The molecular weight excluding hydrogens is 631 g/mol. The van der Waals surface area contributed by atoms with Gasteiger partial charge >= 0.3 is 0 Å². The average Bonchev–Trinajstić information content (AvgIpc) is 3.77. The van der Waals surface area contributed by atoms with Crippen LogP contribution in [0.4, 0.5) is 11.4 Å². The van der Waals surface area contributed by atoms with Crippen molar-refractivity contribution in [3.05, 3.63) is 86.1 Å². The Bertz CT molecular complexity index is 1820. The second-order valence-electron chi connectivity index (χ2n) is 12.1. The summed E-state index contributed by atoms with van der Waals surface area (Å²) >= 11 is 16.1. The van der Waals surface area contributed by atoms with E-state index in [2.05, 4.69) is 25.3 Å². The van der Waals surface area contributed by atoms with E-state index < -0.39 is 0 Å². The van der Waals surface area contributed by atoms with E-state index in [1.165, 1.54) is 38.1 Å². The van der Waals surface area contributed by atoms with Crippen LogP contribution in [0.3, 0.4) is 0 Å². The molecule has 0 saturated carbocycles. The second-order valence-corrected chi connectivity index (χ2v) is 14.5. The number of hydrogen-bond acceptors (Lipinski definition) is 5. The highest BCUT2D eigenvalue weighted by molar-refractivity contribution is 7.18. The van der Waals surface area contributed by atoms with Gasteiger partial charge in [-0.25, -0.2) is 0 Å². The third kappa shape index (κ3) is 4.71. The number of benzene rings is 3. The summed E-state index contributed by atoms with van der Waals surface area (Å²) in [5.41, 5.74) is 9.27. The quantitative estimate of drug-likeness (QED) is 0.185. The lowest BCUT2D eigenvalue weighted by atomic mass is 9.95. The summed E-state index contributed by atoms with van der Waals surface area (Å²) in [7, 11) is 0. The van der Waals surface area contributed by atoms with E-state index in [1.807, 2.05) is 41.5 Å². The molecule has 7 rings (SSSR count). The van der Waals surface area contributed by atoms with Gasteiger partial charge in [0, 0.05) is 63.9 Å². The van der Waals surface area contributed by atoms with Crippen LogP contribution in [0.15, 0.2) is 47.2 Å². The molecule has 44 heavy (non-hydrogen) atoms. The summed E-state index contributed by atoms with van der Waals surface area (Å²) in [5.74, 6) is 1.19. The van der Waals surface area contributed by atoms with Crippen LogP contribution in [-0.4, -0.2) is 41.8 Å². The number of aromatic hydroxyl groups is 1. The molecule has 0 unspecified atom stereocenters. The number of carbonyl (C=O) groups is 2. The lowest BCUT2D eigenvalue weighted by Crippen LogP contribution is -2.31. The lowest BCUT2D eigenvalue weighted by molar-refractivity contribution is -0.118. The highest BCUT2D eigenvalue weighted by Gasteiger charge is 2.36. The number of phenolic OH excluding ortho intramolecular Hbond substituents is 1. The Labute approximate surface area is 274 Å². The fourth-order valence-electron chi connectivity index (χ4n) is 7.05. The maximum atomic E-state index is 13.6. The molecule has 0 bridgehead atoms. The van der Waals surface area contributed by atoms with Crippen LogP contribution in [0, 0.1) is 20.8 Å². The molecule has 3 aromatic carbocycles. The van der Waals surface area contributed by atoms with Crippen LogP contribution >= 0.6 is 45.9 Å². The molecule has 2 aromatic heterocycles. The summed E-state index contributed by atoms with van der Waals surface area (Å²) in [5, 5.41) is 17.2. The van der Waals surface area contributed by atoms with E-state index in [0.29, 0.717) is 24.8 Å². The number of phenols is 1. The van der Waals surface area contributed by atoms with Gasteiger partial charge in [-0.3, -0.25) is 9.59 Å². The van der Waals surface area contributed by atoms with Crippen molar-refractivity contribution >= 4 is 89.2 Å². The summed E-state index contributed by atoms with van der Waals surface area (Å²) in [6, 6.07) is 11.6. The van der Waals surface area contributed by atoms with Crippen molar-refractivity contribution in [2.24, 2.45) is 0 Å². The lowest BCUT2D eigenvalue weighted by Gasteiger charge is -2.19. The van der Waals surface area contributed by atoms with Gasteiger partial charge in [-0.15, -0.1) is 45.9 Å². The van der Waals surface area contributed by atoms with Crippen LogP contribution < -0.4 is 9.80 Å². The van der Waals surface area contributed by atoms with Gasteiger partial charge in [0.15, 0.2) is 0 Å². The average molecular weight is 664 g/mol. The normalized spacial score (nSPS) is 17.6. The van der Waals surface area contributed by atoms with Crippen molar-refractivity contribution in [3.63, 3.8) is 0 Å². The van der Waals surface area contributed by atoms with Gasteiger partial charge in [0.1, 0.15) is 5.75 Å². The smallest absolute Gasteiger partial charge is 0.231 e. The number of fused-ring (bicyclic) bond motifs is 6. The second kappa shape index (κ2) is 11.4. The van der Waals surface area contributed by atoms with Crippen molar-refractivity contribution in [2.75, 3.05) is 34.6 Å². The maximum Gasteiger partial charge on any atom is 0.231 e. The number of amides is 2. The number of thiophene rings is 2. The zero-order valence-electron chi connectivity index (χ0n) is 24.7. The molecule has 2 atom stereocenters. The molecule has 9 heteroatoms. The molecule has 2 aliphatic heterocycles. The van der Waals surface area contributed by atoms with Crippen molar-refractivity contribution in [2.45, 2.75) is 45.4 Å². The van der Waals surface area contributed by atoms with Gasteiger partial charge in [-0.1, -0.05) is 24.3 Å². The largest absolute Gasteiger partial charge is 0.506 e. The Morgan fingerprint density at radius 2 is 1.20 bits per heavy atom. The molecule has 226 valence electrons. The highest BCUT2D eigenvalue weighted by Crippen LogP contribution is 2.49. The minimum Gasteiger partial charge on any atom is -0.506 e. The minimum atomic E-state index is -0.0412. The number of aryl methyl sites for hydroxylation is 3. The molecule has 1 N–H and O–H groups in total. The van der Waals surface area contributed by atoms with Crippen LogP contribution in [0.25, 0.3) is 20.2 Å². The topological polar surface area (TPSA) is 60.9 Å². The van der Waals surface area contributed by atoms with Crippen molar-refractivity contribution in [1.29, 1.82) is 0 Å². The molecular formula is C35H32Cl2N2O3S2. The molecule has 0 spiro atoms. The summed E-state index contributed by atoms with van der Waals surface area (Å²) in [4.78, 5) is 30.9. The first-order chi connectivity index (χ1) is 21.2. The first-order valence-electron chi connectivity index (χ1n) is 14.8. The van der Waals surface area contributed by atoms with E-state index >= 15 is 0 Å². The van der Waals surface area contributed by atoms with Gasteiger partial charge < -0.3 is 14.9 Å². The number of nitrogens with zero attached hydrogens (tertiary/aromatic N) is 2. The predicted octanol–water partition coefficient (Wildman–Crippen LogP) is 8.57. The predicted molar refractivity (Wildman–Crippen MR) is 185 cm³/mol. The van der Waals surface area contributed by atoms with Crippen molar-refractivity contribution < 1.29 is 14.7 Å². The molecule has 0 saturated heterocycles. The SMILES string of the molecule is Cc1cc2c(c3c(C)csc13)[C@H](CCl)CN2C(=O)Cc1ccc(CC(=O)N2C[C@@H](CCl)c3c2cc(O)c2scc(C)c32)cc1. The molecule has 5 aromatic rings. The fourth-order valence-corrected chi connectivity index (χ4v) is 9.58. The first kappa shape index (κ1) is 29.6. The van der Waals surface area contributed by atoms with Crippen molar-refractivity contribution in [1.82, 2.24) is 0 Å². The van der Waals surface area contributed by atoms with E-state index in [1.54, 1.807) is 22.3 Å². The van der Waals surface area contributed by atoms with Crippen LogP contribution in [-0.2, 0) is 22.4 Å². The Hall–Kier alpha value is -3.10. The van der Waals surface area contributed by atoms with Crippen LogP contribution in [0.1, 0.15) is 50.8 Å². The molecule has 0 fully saturated rings. The van der Waals surface area contributed by atoms with Gasteiger partial charge in [-0.05, 0) is 76.5 Å². The number of hydrogen-bond donors (Lipinski definition) is 1. The maximum absolute atomic E-state index is 13.6. The van der Waals surface area contributed by atoms with Gasteiger partial charge in [0.2, 0.25) is 11.8 Å². The third-order valence-corrected chi connectivity index (χ3v) is 12.3. The molecule has 0 radical (unpaired) electrons. The zero-order chi connectivity index (χ0) is 30.9. The summed E-state index contributed by atoms with van der Waals surface area (Å²) in [6.07, 6.45) is 0.491. The number of anilines is 2. The van der Waals surface area contributed by atoms with Gasteiger partial charge in [0.05, 0.1) is 23.2 Å². The van der Waals surface area contributed by atoms with E-state index in [4.69, 9.17) is 23.2 Å².